The maximum atomic E-state index is 11.2. The number of hydrogen-bond donors (Lipinski definition) is 0. The van der Waals surface area contributed by atoms with Crippen LogP contribution in [0.25, 0.3) is 0 Å². The van der Waals surface area contributed by atoms with Crippen LogP contribution in [0.4, 0.5) is 0 Å². The maximum Gasteiger partial charge on any atom is 0.330 e. The van der Waals surface area contributed by atoms with E-state index in [-0.39, 0.29) is 11.6 Å². The van der Waals surface area contributed by atoms with Gasteiger partial charge in [0.05, 0.1) is 0 Å². The summed E-state index contributed by atoms with van der Waals surface area (Å²) in [4.78, 5) is 11.2. The molecule has 0 aliphatic heterocycles. The first-order valence-electron chi connectivity index (χ1n) is 5.46. The molecule has 2 heteroatoms. The molecule has 0 bridgehead atoms. The van der Waals surface area contributed by atoms with E-state index in [1.54, 1.807) is 0 Å². The summed E-state index contributed by atoms with van der Waals surface area (Å²) >= 11 is 0. The fourth-order valence-electron chi connectivity index (χ4n) is 1.98. The Morgan fingerprint density at radius 3 is 2.80 bits per heavy atom. The van der Waals surface area contributed by atoms with Crippen LogP contribution in [-0.4, -0.2) is 11.6 Å². The minimum Gasteiger partial charge on any atom is -0.456 e. The summed E-state index contributed by atoms with van der Waals surface area (Å²) in [6.07, 6.45) is 6.69. The van der Waals surface area contributed by atoms with Crippen LogP contribution in [0.3, 0.4) is 0 Å². The second-order valence-corrected chi connectivity index (χ2v) is 4.75. The molecule has 0 aromatic carbocycles. The third-order valence-corrected chi connectivity index (χ3v) is 3.15. The van der Waals surface area contributed by atoms with Crippen molar-refractivity contribution in [2.24, 2.45) is 5.92 Å². The van der Waals surface area contributed by atoms with Crippen molar-refractivity contribution in [3.8, 4) is 0 Å². The Morgan fingerprint density at radius 2 is 2.33 bits per heavy atom. The van der Waals surface area contributed by atoms with E-state index in [0.717, 1.165) is 19.3 Å². The molecule has 0 aromatic rings. The number of rotatable bonds is 3. The highest BCUT2D eigenvalue weighted by Crippen LogP contribution is 2.34. The van der Waals surface area contributed by atoms with Gasteiger partial charge in [0, 0.05) is 12.0 Å². The predicted molar refractivity (Wildman–Crippen MR) is 61.5 cm³/mol. The molecule has 0 saturated carbocycles. The van der Waals surface area contributed by atoms with Gasteiger partial charge in [0.25, 0.3) is 0 Å². The lowest BCUT2D eigenvalue weighted by Crippen LogP contribution is -2.37. The van der Waals surface area contributed by atoms with E-state index >= 15 is 0 Å². The molecule has 15 heavy (non-hydrogen) atoms. The Balaban J connectivity index is 2.61. The zero-order valence-electron chi connectivity index (χ0n) is 9.88. The standard InChI is InChI=1S/C13H20O2/c1-5-12(14)15-13(3,4)11-8-6-10(2)7-9-11/h5-6,11H,1,7-9H2,2-4H3. The first-order chi connectivity index (χ1) is 6.95. The summed E-state index contributed by atoms with van der Waals surface area (Å²) in [6, 6.07) is 0. The van der Waals surface area contributed by atoms with Crippen LogP contribution >= 0.6 is 0 Å². The molecule has 0 saturated heterocycles. The van der Waals surface area contributed by atoms with Crippen LogP contribution in [0.1, 0.15) is 40.0 Å². The van der Waals surface area contributed by atoms with Crippen LogP contribution in [0, 0.1) is 5.92 Å². The molecule has 0 amide bonds. The molecule has 1 unspecified atom stereocenters. The molecular formula is C13H20O2. The predicted octanol–water partition coefficient (Wildman–Crippen LogP) is 3.24. The van der Waals surface area contributed by atoms with Gasteiger partial charge in [0.1, 0.15) is 5.60 Å². The number of hydrogen-bond acceptors (Lipinski definition) is 2. The van der Waals surface area contributed by atoms with Gasteiger partial charge < -0.3 is 4.74 Å². The van der Waals surface area contributed by atoms with Crippen molar-refractivity contribution in [2.45, 2.75) is 45.6 Å². The fraction of sp³-hybridized carbons (Fsp3) is 0.615. The maximum absolute atomic E-state index is 11.2. The number of ether oxygens (including phenoxy) is 1. The minimum atomic E-state index is -0.386. The molecule has 0 spiro atoms. The third-order valence-electron chi connectivity index (χ3n) is 3.15. The molecule has 0 aromatic heterocycles. The Bertz CT molecular complexity index is 287. The largest absolute Gasteiger partial charge is 0.456 e. The van der Waals surface area contributed by atoms with Crippen molar-refractivity contribution < 1.29 is 9.53 Å². The quantitative estimate of drug-likeness (QED) is 0.404. The van der Waals surface area contributed by atoms with Crippen molar-refractivity contribution >= 4 is 5.97 Å². The van der Waals surface area contributed by atoms with Crippen LogP contribution < -0.4 is 0 Å². The summed E-state index contributed by atoms with van der Waals surface area (Å²) in [5, 5.41) is 0. The number of allylic oxidation sites excluding steroid dienone is 2. The van der Waals surface area contributed by atoms with Crippen LogP contribution in [0.5, 0.6) is 0 Å². The first kappa shape index (κ1) is 12.0. The lowest BCUT2D eigenvalue weighted by molar-refractivity contribution is -0.155. The molecule has 1 rings (SSSR count). The highest BCUT2D eigenvalue weighted by molar-refractivity contribution is 5.81. The summed E-state index contributed by atoms with van der Waals surface area (Å²) in [6.45, 7) is 9.53. The molecule has 0 fully saturated rings. The highest BCUT2D eigenvalue weighted by atomic mass is 16.6. The summed E-state index contributed by atoms with van der Waals surface area (Å²) in [7, 11) is 0. The lowest BCUT2D eigenvalue weighted by atomic mass is 9.79. The number of carbonyl (C=O) groups is 1. The van der Waals surface area contributed by atoms with Gasteiger partial charge in [0.15, 0.2) is 0 Å². The molecule has 0 heterocycles. The normalized spacial score (nSPS) is 21.8. The smallest absolute Gasteiger partial charge is 0.330 e. The monoisotopic (exact) mass is 208 g/mol. The molecule has 0 N–H and O–H groups in total. The van der Waals surface area contributed by atoms with Crippen LogP contribution in [0.15, 0.2) is 24.3 Å². The number of esters is 1. The zero-order valence-corrected chi connectivity index (χ0v) is 9.88. The Labute approximate surface area is 92.0 Å². The minimum absolute atomic E-state index is 0.328. The molecule has 0 radical (unpaired) electrons. The average Bonchev–Trinajstić information content (AvgIpc) is 2.17. The van der Waals surface area contributed by atoms with E-state index in [0.29, 0.717) is 5.92 Å². The van der Waals surface area contributed by atoms with E-state index < -0.39 is 0 Å². The van der Waals surface area contributed by atoms with Crippen molar-refractivity contribution in [3.05, 3.63) is 24.3 Å². The third kappa shape index (κ3) is 3.22. The highest BCUT2D eigenvalue weighted by Gasteiger charge is 2.33. The molecular weight excluding hydrogens is 188 g/mol. The fourth-order valence-corrected chi connectivity index (χ4v) is 1.98. The molecule has 2 nitrogen and oxygen atoms in total. The van der Waals surface area contributed by atoms with Crippen molar-refractivity contribution in [1.29, 1.82) is 0 Å². The van der Waals surface area contributed by atoms with Gasteiger partial charge in [-0.25, -0.2) is 4.79 Å². The Kier molecular flexibility index (Phi) is 3.72. The van der Waals surface area contributed by atoms with Crippen LogP contribution in [-0.2, 0) is 9.53 Å². The van der Waals surface area contributed by atoms with E-state index in [4.69, 9.17) is 4.74 Å². The van der Waals surface area contributed by atoms with E-state index in [2.05, 4.69) is 19.6 Å². The SMILES string of the molecule is C=CC(=O)OC(C)(C)C1CC=C(C)CC1. The van der Waals surface area contributed by atoms with E-state index in [1.165, 1.54) is 11.6 Å². The van der Waals surface area contributed by atoms with Gasteiger partial charge in [0.2, 0.25) is 0 Å². The average molecular weight is 208 g/mol. The Morgan fingerprint density at radius 1 is 1.67 bits per heavy atom. The van der Waals surface area contributed by atoms with Crippen molar-refractivity contribution in [2.75, 3.05) is 0 Å². The molecule has 1 atom stereocenters. The zero-order chi connectivity index (χ0) is 11.5. The van der Waals surface area contributed by atoms with Gasteiger partial charge >= 0.3 is 5.97 Å². The van der Waals surface area contributed by atoms with Crippen molar-refractivity contribution in [1.82, 2.24) is 0 Å². The Hall–Kier alpha value is -1.05. The summed E-state index contributed by atoms with van der Waals surface area (Å²) < 4.78 is 5.38. The number of carbonyl (C=O) groups excluding carboxylic acids is 1. The lowest BCUT2D eigenvalue weighted by Gasteiger charge is -2.35. The molecule has 1 aliphatic rings. The summed E-state index contributed by atoms with van der Waals surface area (Å²) in [5.74, 6) is 0.0939. The van der Waals surface area contributed by atoms with E-state index in [1.807, 2.05) is 13.8 Å². The molecule has 84 valence electrons. The van der Waals surface area contributed by atoms with Gasteiger partial charge in [-0.3, -0.25) is 0 Å². The van der Waals surface area contributed by atoms with Crippen LogP contribution in [0.2, 0.25) is 0 Å². The summed E-state index contributed by atoms with van der Waals surface area (Å²) in [5.41, 5.74) is 1.06. The molecule has 1 aliphatic carbocycles. The van der Waals surface area contributed by atoms with Crippen molar-refractivity contribution in [3.63, 3.8) is 0 Å². The van der Waals surface area contributed by atoms with Gasteiger partial charge in [-0.05, 0) is 40.0 Å². The second kappa shape index (κ2) is 4.65. The first-order valence-corrected chi connectivity index (χ1v) is 5.46. The topological polar surface area (TPSA) is 26.3 Å². The van der Waals surface area contributed by atoms with Gasteiger partial charge in [-0.1, -0.05) is 18.2 Å². The second-order valence-electron chi connectivity index (χ2n) is 4.75. The van der Waals surface area contributed by atoms with E-state index in [9.17, 15) is 4.79 Å². The van der Waals surface area contributed by atoms with Gasteiger partial charge in [-0.15, -0.1) is 0 Å². The van der Waals surface area contributed by atoms with Gasteiger partial charge in [-0.2, -0.15) is 0 Å².